The number of carboxylic acids is 1. The number of aromatic hydroxyl groups is 1. The molecule has 1 amide bonds. The van der Waals surface area contributed by atoms with Crippen LogP contribution in [0.4, 0.5) is 10.5 Å². The van der Waals surface area contributed by atoms with Crippen molar-refractivity contribution in [2.45, 2.75) is 5.92 Å². The second-order valence-electron chi connectivity index (χ2n) is 6.60. The van der Waals surface area contributed by atoms with Crippen molar-refractivity contribution < 1.29 is 24.5 Å². The predicted octanol–water partition coefficient (Wildman–Crippen LogP) is 5.10. The van der Waals surface area contributed by atoms with Gasteiger partial charge in [-0.15, -0.1) is 0 Å². The number of hydrogen-bond acceptors (Lipinski definition) is 4. The van der Waals surface area contributed by atoms with Crippen LogP contribution in [0.15, 0.2) is 60.7 Å². The molecule has 0 bridgehead atoms. The molecule has 3 aromatic rings. The first-order valence-corrected chi connectivity index (χ1v) is 9.21. The van der Waals surface area contributed by atoms with Gasteiger partial charge < -0.3 is 14.9 Å². The van der Waals surface area contributed by atoms with Crippen molar-refractivity contribution in [2.75, 3.05) is 11.9 Å². The summed E-state index contributed by atoms with van der Waals surface area (Å²) in [6.45, 7) is 0.122. The van der Waals surface area contributed by atoms with Crippen LogP contribution in [0.5, 0.6) is 5.75 Å². The number of aromatic carboxylic acids is 1. The van der Waals surface area contributed by atoms with Crippen LogP contribution in [-0.2, 0) is 4.74 Å². The van der Waals surface area contributed by atoms with Gasteiger partial charge in [0.05, 0.1) is 10.7 Å². The van der Waals surface area contributed by atoms with Crippen molar-refractivity contribution in [1.29, 1.82) is 0 Å². The largest absolute Gasteiger partial charge is 0.507 e. The molecule has 3 aromatic carbocycles. The first-order valence-electron chi connectivity index (χ1n) is 8.83. The highest BCUT2D eigenvalue weighted by Crippen LogP contribution is 2.44. The maximum absolute atomic E-state index is 12.3. The number of carbonyl (C=O) groups excluding carboxylic acids is 1. The molecule has 0 saturated heterocycles. The fourth-order valence-corrected chi connectivity index (χ4v) is 3.78. The molecule has 0 saturated carbocycles. The number of carboxylic acid groups (broad SMARTS) is 1. The molecular weight excluding hydrogens is 394 g/mol. The quantitative estimate of drug-likeness (QED) is 0.556. The van der Waals surface area contributed by atoms with E-state index in [1.54, 1.807) is 0 Å². The van der Waals surface area contributed by atoms with Gasteiger partial charge in [-0.3, -0.25) is 5.32 Å². The molecule has 6 nitrogen and oxygen atoms in total. The Balaban J connectivity index is 1.50. The minimum atomic E-state index is -1.32. The maximum Gasteiger partial charge on any atom is 0.411 e. The summed E-state index contributed by atoms with van der Waals surface area (Å²) in [4.78, 5) is 23.3. The van der Waals surface area contributed by atoms with Crippen molar-refractivity contribution in [2.24, 2.45) is 0 Å². The molecule has 4 rings (SSSR count). The monoisotopic (exact) mass is 409 g/mol. The SMILES string of the molecule is O=C(Nc1cc(O)c(C(=O)O)cc1Cl)OCC1c2ccccc2-c2ccccc21. The number of hydrogen-bond donors (Lipinski definition) is 3. The minimum Gasteiger partial charge on any atom is -0.507 e. The first-order chi connectivity index (χ1) is 14.0. The van der Waals surface area contributed by atoms with Crippen LogP contribution in [-0.4, -0.2) is 28.9 Å². The average molecular weight is 410 g/mol. The Hall–Kier alpha value is -3.51. The number of phenols is 1. The van der Waals surface area contributed by atoms with Gasteiger partial charge in [-0.1, -0.05) is 60.1 Å². The van der Waals surface area contributed by atoms with Crippen molar-refractivity contribution in [3.63, 3.8) is 0 Å². The third-order valence-electron chi connectivity index (χ3n) is 4.90. The number of carbonyl (C=O) groups is 2. The molecule has 0 aliphatic heterocycles. The summed E-state index contributed by atoms with van der Waals surface area (Å²) in [6.07, 6.45) is -0.753. The molecular formula is C22H16ClNO5. The second-order valence-corrected chi connectivity index (χ2v) is 7.01. The van der Waals surface area contributed by atoms with Crippen LogP contribution in [0.25, 0.3) is 11.1 Å². The highest BCUT2D eigenvalue weighted by atomic mass is 35.5. The van der Waals surface area contributed by atoms with Gasteiger partial charge >= 0.3 is 12.1 Å². The lowest BCUT2D eigenvalue weighted by molar-refractivity contribution is 0.0693. The molecule has 146 valence electrons. The van der Waals surface area contributed by atoms with Crippen LogP contribution in [0.2, 0.25) is 5.02 Å². The standard InChI is InChI=1S/C22H16ClNO5/c23-18-9-16(21(26)27)20(25)10-19(18)24-22(28)29-11-17-14-7-3-1-5-12(14)13-6-2-4-8-15(13)17/h1-10,17,25H,11H2,(H,24,28)(H,26,27). The Morgan fingerprint density at radius 1 is 1.00 bits per heavy atom. The van der Waals surface area contributed by atoms with Gasteiger partial charge in [0, 0.05) is 12.0 Å². The van der Waals surface area contributed by atoms with Gasteiger partial charge in [0.1, 0.15) is 17.9 Å². The minimum absolute atomic E-state index is 0.0197. The molecule has 0 fully saturated rings. The fourth-order valence-electron chi connectivity index (χ4n) is 3.57. The molecule has 0 atom stereocenters. The predicted molar refractivity (Wildman–Crippen MR) is 109 cm³/mol. The summed E-state index contributed by atoms with van der Waals surface area (Å²) in [5.74, 6) is -1.92. The Labute approximate surface area is 171 Å². The Kier molecular flexibility index (Phi) is 4.86. The second kappa shape index (κ2) is 7.48. The number of halogens is 1. The van der Waals surface area contributed by atoms with Gasteiger partial charge in [0.15, 0.2) is 0 Å². The third-order valence-corrected chi connectivity index (χ3v) is 5.21. The Bertz CT molecular complexity index is 1080. The van der Waals surface area contributed by atoms with Crippen LogP contribution in [0.1, 0.15) is 27.4 Å². The van der Waals surface area contributed by atoms with Crippen molar-refractivity contribution in [3.8, 4) is 16.9 Å². The molecule has 0 heterocycles. The normalized spacial score (nSPS) is 12.2. The lowest BCUT2D eigenvalue weighted by atomic mass is 9.98. The molecule has 0 aromatic heterocycles. The number of benzene rings is 3. The van der Waals surface area contributed by atoms with Gasteiger partial charge in [0.2, 0.25) is 0 Å². The summed E-state index contributed by atoms with van der Waals surface area (Å²) >= 11 is 6.01. The lowest BCUT2D eigenvalue weighted by Crippen LogP contribution is -2.18. The van der Waals surface area contributed by atoms with E-state index in [0.717, 1.165) is 34.4 Å². The number of ether oxygens (including phenoxy) is 1. The van der Waals surface area contributed by atoms with Crippen LogP contribution in [0.3, 0.4) is 0 Å². The zero-order chi connectivity index (χ0) is 20.5. The van der Waals surface area contributed by atoms with E-state index in [1.807, 2.05) is 48.5 Å². The van der Waals surface area contributed by atoms with Crippen LogP contribution in [0, 0.1) is 0 Å². The molecule has 1 aliphatic carbocycles. The molecule has 1 aliphatic rings. The summed E-state index contributed by atoms with van der Waals surface area (Å²) in [6, 6.07) is 18.1. The van der Waals surface area contributed by atoms with E-state index in [-0.39, 0.29) is 28.8 Å². The summed E-state index contributed by atoms with van der Waals surface area (Å²) in [5.41, 5.74) is 4.12. The van der Waals surface area contributed by atoms with Crippen molar-refractivity contribution in [3.05, 3.63) is 82.4 Å². The summed E-state index contributed by atoms with van der Waals surface area (Å²) in [7, 11) is 0. The number of rotatable bonds is 4. The number of anilines is 1. The van der Waals surface area contributed by atoms with E-state index in [2.05, 4.69) is 5.32 Å². The average Bonchev–Trinajstić information content (AvgIpc) is 3.02. The number of nitrogens with one attached hydrogen (secondary N) is 1. The van der Waals surface area contributed by atoms with E-state index < -0.39 is 17.8 Å². The zero-order valence-corrected chi connectivity index (χ0v) is 15.8. The summed E-state index contributed by atoms with van der Waals surface area (Å²) in [5, 5.41) is 21.2. The number of fused-ring (bicyclic) bond motifs is 3. The molecule has 0 unspecified atom stereocenters. The van der Waals surface area contributed by atoms with Crippen LogP contribution >= 0.6 is 11.6 Å². The van der Waals surface area contributed by atoms with E-state index in [9.17, 15) is 14.7 Å². The summed E-state index contributed by atoms with van der Waals surface area (Å²) < 4.78 is 5.41. The first kappa shape index (κ1) is 18.8. The van der Waals surface area contributed by atoms with E-state index in [1.165, 1.54) is 0 Å². The molecule has 7 heteroatoms. The maximum atomic E-state index is 12.3. The van der Waals surface area contributed by atoms with Crippen LogP contribution < -0.4 is 5.32 Å². The van der Waals surface area contributed by atoms with Gasteiger partial charge in [0.25, 0.3) is 0 Å². The highest BCUT2D eigenvalue weighted by molar-refractivity contribution is 6.34. The van der Waals surface area contributed by atoms with E-state index in [4.69, 9.17) is 21.4 Å². The topological polar surface area (TPSA) is 95.9 Å². The van der Waals surface area contributed by atoms with E-state index >= 15 is 0 Å². The molecule has 3 N–H and O–H groups in total. The van der Waals surface area contributed by atoms with Crippen molar-refractivity contribution in [1.82, 2.24) is 0 Å². The fraction of sp³-hybridized carbons (Fsp3) is 0.0909. The zero-order valence-electron chi connectivity index (χ0n) is 15.1. The molecule has 0 spiro atoms. The Morgan fingerprint density at radius 3 is 2.17 bits per heavy atom. The third kappa shape index (κ3) is 3.50. The van der Waals surface area contributed by atoms with Gasteiger partial charge in [-0.25, -0.2) is 9.59 Å². The molecule has 0 radical (unpaired) electrons. The van der Waals surface area contributed by atoms with Gasteiger partial charge in [-0.05, 0) is 28.3 Å². The molecule has 29 heavy (non-hydrogen) atoms. The lowest BCUT2D eigenvalue weighted by Gasteiger charge is -2.15. The van der Waals surface area contributed by atoms with E-state index in [0.29, 0.717) is 0 Å². The highest BCUT2D eigenvalue weighted by Gasteiger charge is 2.29. The van der Waals surface area contributed by atoms with Gasteiger partial charge in [-0.2, -0.15) is 0 Å². The van der Waals surface area contributed by atoms with Crippen molar-refractivity contribution >= 4 is 29.4 Å². The smallest absolute Gasteiger partial charge is 0.411 e. The number of amides is 1. The Morgan fingerprint density at radius 2 is 1.59 bits per heavy atom.